The highest BCUT2D eigenvalue weighted by molar-refractivity contribution is 6.40. The van der Waals surface area contributed by atoms with Crippen molar-refractivity contribution in [1.82, 2.24) is 14.5 Å². The number of carbonyl (C=O) groups is 4. The number of halogens is 3. The van der Waals surface area contributed by atoms with Crippen molar-refractivity contribution >= 4 is 73.6 Å². The van der Waals surface area contributed by atoms with Gasteiger partial charge in [0.15, 0.2) is 0 Å². The van der Waals surface area contributed by atoms with E-state index in [2.05, 4.69) is 5.32 Å². The Kier molecular flexibility index (Phi) is 10.9. The Labute approximate surface area is 380 Å². The second-order valence-electron chi connectivity index (χ2n) is 17.0. The maximum absolute atomic E-state index is 15.8. The molecule has 0 radical (unpaired) electrons. The van der Waals surface area contributed by atoms with Gasteiger partial charge in [-0.15, -0.1) is 0 Å². The molecule has 6 aromatic rings. The normalized spacial score (nSPS) is 15.9. The molecule has 4 amide bonds. The van der Waals surface area contributed by atoms with Gasteiger partial charge in [0.05, 0.1) is 49.5 Å². The third-order valence-electron chi connectivity index (χ3n) is 12.7. The topological polar surface area (TPSA) is 180 Å². The molecule has 17 heteroatoms. The average molecular weight is 911 g/mol. The Balaban J connectivity index is 1.25. The molecule has 2 saturated heterocycles. The molecule has 4 heterocycles. The van der Waals surface area contributed by atoms with Crippen molar-refractivity contribution in [2.75, 3.05) is 4.90 Å². The summed E-state index contributed by atoms with van der Waals surface area (Å²) in [6.45, 7) is 11.5. The van der Waals surface area contributed by atoms with Crippen LogP contribution in [0.15, 0.2) is 112 Å². The van der Waals surface area contributed by atoms with Crippen LogP contribution in [-0.4, -0.2) is 48.8 Å². The fourth-order valence-corrected chi connectivity index (χ4v) is 9.35. The Morgan fingerprint density at radius 1 is 0.567 bits per heavy atom. The number of benzene rings is 4. The van der Waals surface area contributed by atoms with Crippen LogP contribution in [0, 0.1) is 34.1 Å². The number of amides is 4. The summed E-state index contributed by atoms with van der Waals surface area (Å²) >= 11 is 0. The van der Waals surface area contributed by atoms with Crippen molar-refractivity contribution in [3.63, 3.8) is 0 Å². The monoisotopic (exact) mass is 910 g/mol. The minimum atomic E-state index is -5.24. The van der Waals surface area contributed by atoms with Gasteiger partial charge in [0.2, 0.25) is 0 Å². The second-order valence-corrected chi connectivity index (χ2v) is 17.0. The molecule has 0 aliphatic carbocycles. The minimum Gasteiger partial charge on any atom is -0.347 e. The third-order valence-corrected chi connectivity index (χ3v) is 12.7. The van der Waals surface area contributed by atoms with Gasteiger partial charge in [-0.25, -0.2) is 4.90 Å². The number of hydrogen-bond acceptors (Lipinski definition) is 8. The summed E-state index contributed by atoms with van der Waals surface area (Å²) in [7, 11) is 3.50. The molecule has 8 rings (SSSR count). The van der Waals surface area contributed by atoms with Gasteiger partial charge in [0.25, 0.3) is 35.0 Å². The maximum Gasteiger partial charge on any atom is 0.417 e. The number of nitrogens with zero attached hydrogens (tertiary/aromatic N) is 5. The van der Waals surface area contributed by atoms with Gasteiger partial charge in [0, 0.05) is 70.5 Å². The highest BCUT2D eigenvalue weighted by Crippen LogP contribution is 2.48. The fourth-order valence-electron chi connectivity index (χ4n) is 9.35. The third kappa shape index (κ3) is 7.22. The first-order chi connectivity index (χ1) is 31.4. The molecule has 2 aliphatic rings. The van der Waals surface area contributed by atoms with Gasteiger partial charge < -0.3 is 9.13 Å². The molecule has 2 aromatic heterocycles. The lowest BCUT2D eigenvalue weighted by Gasteiger charge is -2.17. The van der Waals surface area contributed by atoms with E-state index in [0.717, 1.165) is 45.4 Å². The van der Waals surface area contributed by atoms with E-state index in [1.165, 1.54) is 20.8 Å². The lowest BCUT2D eigenvalue weighted by Crippen LogP contribution is -2.30. The number of rotatable bonds is 7. The van der Waals surface area contributed by atoms with E-state index < -0.39 is 73.4 Å². The average Bonchev–Trinajstić information content (AvgIpc) is 3.90. The lowest BCUT2D eigenvalue weighted by molar-refractivity contribution is -0.394. The van der Waals surface area contributed by atoms with Gasteiger partial charge in [-0.1, -0.05) is 47.5 Å². The highest BCUT2D eigenvalue weighted by atomic mass is 19.4. The summed E-state index contributed by atoms with van der Waals surface area (Å²) in [6.07, 6.45) is -5.24. The van der Waals surface area contributed by atoms with Gasteiger partial charge in [-0.05, 0) is 101 Å². The van der Waals surface area contributed by atoms with Crippen LogP contribution in [0.1, 0.15) is 57.1 Å². The van der Waals surface area contributed by atoms with Gasteiger partial charge in [-0.3, -0.25) is 44.7 Å². The van der Waals surface area contributed by atoms with E-state index in [1.54, 1.807) is 43.7 Å². The number of anilines is 1. The highest BCUT2D eigenvalue weighted by Gasteiger charge is 2.50. The number of aryl methyl sites for hydroxylation is 2. The molecule has 0 unspecified atom stereocenters. The number of nitrogens with one attached hydrogen (secondary N) is 1. The number of aromatic nitrogens is 2. The van der Waals surface area contributed by atoms with Crippen molar-refractivity contribution < 1.29 is 42.2 Å². The van der Waals surface area contributed by atoms with E-state index in [1.807, 2.05) is 67.9 Å². The van der Waals surface area contributed by atoms with Crippen LogP contribution >= 0.6 is 0 Å². The van der Waals surface area contributed by atoms with Crippen LogP contribution in [0.2, 0.25) is 0 Å². The zero-order chi connectivity index (χ0) is 48.9. The maximum atomic E-state index is 15.8. The summed E-state index contributed by atoms with van der Waals surface area (Å²) in [5.41, 5.74) is 2.42. The molecule has 340 valence electrons. The van der Waals surface area contributed by atoms with E-state index in [4.69, 9.17) is 0 Å². The second kappa shape index (κ2) is 16.0. The SMILES string of the molecule is CC(C)=C1C(=O)NC(=O)/C1=C(/C)c1c(C)n(C)c2ccc(-c3ccc(-c4ccc5c(c4)c(/C(=C4\C(=O)N(c6cc([N+](=O)[O-])cc([N+](=O)[O-])c6)C(=O)C4=C(C)C)C(F)(F)F)c(C)n5C)cc3)cc12. The number of nitro groups is 2. The van der Waals surface area contributed by atoms with E-state index in [0.29, 0.717) is 49.9 Å². The number of non-ortho nitro benzene ring substituents is 2. The van der Waals surface area contributed by atoms with Crippen LogP contribution < -0.4 is 10.2 Å². The van der Waals surface area contributed by atoms with Crippen LogP contribution in [0.5, 0.6) is 0 Å². The zero-order valence-corrected chi connectivity index (χ0v) is 37.6. The molecular weight excluding hydrogens is 870 g/mol. The number of carbonyl (C=O) groups excluding carboxylic acids is 4. The molecule has 1 N–H and O–H groups in total. The van der Waals surface area contributed by atoms with Crippen molar-refractivity contribution in [3.05, 3.63) is 155 Å². The predicted octanol–water partition coefficient (Wildman–Crippen LogP) is 10.4. The number of nitro benzene ring substituents is 2. The molecule has 2 fully saturated rings. The molecule has 0 bridgehead atoms. The first-order valence-corrected chi connectivity index (χ1v) is 20.8. The predicted molar refractivity (Wildman–Crippen MR) is 247 cm³/mol. The number of fused-ring (bicyclic) bond motifs is 2. The van der Waals surface area contributed by atoms with E-state index >= 15 is 13.2 Å². The number of hydrogen-bond donors (Lipinski definition) is 1. The van der Waals surface area contributed by atoms with E-state index in [9.17, 15) is 39.4 Å². The molecule has 0 spiro atoms. The zero-order valence-electron chi connectivity index (χ0n) is 37.6. The summed E-state index contributed by atoms with van der Waals surface area (Å²) in [6, 6.07) is 20.4. The van der Waals surface area contributed by atoms with Gasteiger partial charge in [-0.2, -0.15) is 13.2 Å². The Morgan fingerprint density at radius 2 is 0.985 bits per heavy atom. The number of allylic oxidation sites excluding steroid dienone is 4. The van der Waals surface area contributed by atoms with Crippen LogP contribution in [0.4, 0.5) is 30.2 Å². The van der Waals surface area contributed by atoms with E-state index in [-0.39, 0.29) is 22.2 Å². The van der Waals surface area contributed by atoms with Crippen LogP contribution in [-0.2, 0) is 33.3 Å². The van der Waals surface area contributed by atoms with Gasteiger partial charge >= 0.3 is 6.18 Å². The molecule has 0 saturated carbocycles. The van der Waals surface area contributed by atoms with Crippen LogP contribution in [0.25, 0.3) is 55.2 Å². The van der Waals surface area contributed by atoms with Crippen molar-refractivity contribution in [1.29, 1.82) is 0 Å². The largest absolute Gasteiger partial charge is 0.417 e. The lowest BCUT2D eigenvalue weighted by atomic mass is 9.90. The Morgan fingerprint density at radius 3 is 1.43 bits per heavy atom. The number of alkyl halides is 3. The summed E-state index contributed by atoms with van der Waals surface area (Å²) in [4.78, 5) is 76.0. The molecule has 67 heavy (non-hydrogen) atoms. The first kappa shape index (κ1) is 45.4. The van der Waals surface area contributed by atoms with Crippen molar-refractivity contribution in [3.8, 4) is 22.3 Å². The molecule has 14 nitrogen and oxygen atoms in total. The van der Waals surface area contributed by atoms with Crippen molar-refractivity contribution in [2.45, 2.75) is 54.6 Å². The fraction of sp³-hybridized carbons (Fsp3) is 0.200. The Hall–Kier alpha value is -8.21. The minimum absolute atomic E-state index is 0.0386. The summed E-state index contributed by atoms with van der Waals surface area (Å²) < 4.78 is 50.9. The molecule has 0 atom stereocenters. The van der Waals surface area contributed by atoms with Gasteiger partial charge in [0.1, 0.15) is 0 Å². The molecule has 2 aliphatic heterocycles. The molecular formula is C50H41F3N6O8. The smallest absolute Gasteiger partial charge is 0.347 e. The van der Waals surface area contributed by atoms with Crippen molar-refractivity contribution in [2.24, 2.45) is 14.1 Å². The number of imide groups is 2. The summed E-state index contributed by atoms with van der Waals surface area (Å²) in [5.74, 6) is -3.57. The van der Waals surface area contributed by atoms with Crippen LogP contribution in [0.3, 0.4) is 0 Å². The summed E-state index contributed by atoms with van der Waals surface area (Å²) in [5, 5.41) is 26.8. The first-order valence-electron chi connectivity index (χ1n) is 20.8. The Bertz CT molecular complexity index is 3400. The quantitative estimate of drug-likeness (QED) is 0.0711. The standard InChI is InChI=1S/C50H41F3N6O8/c1-23(2)39-42(47(61)54-46(39)60)25(5)41-26(6)55(8)37-16-14-30(18-35(37)41)28-10-12-29(13-11-28)31-15-17-38-36(19-31)43(27(7)56(38)9)45(50(51,52)53)44-40(24(3)4)48(62)57(49(44)63)32-20-33(58(64)65)22-34(21-32)59(66)67/h10-22H,1-9H3,(H,54,60,61)/b42-25-,45-44+. The molecule has 4 aromatic carbocycles.